The van der Waals surface area contributed by atoms with Crippen LogP contribution in [0.15, 0.2) is 18.2 Å². The lowest BCUT2D eigenvalue weighted by Crippen LogP contribution is -2.44. The fraction of sp³-hybridized carbons (Fsp3) is 0.526. The van der Waals surface area contributed by atoms with Gasteiger partial charge in [0.25, 0.3) is 5.91 Å². The Morgan fingerprint density at radius 3 is 2.60 bits per heavy atom. The quantitative estimate of drug-likeness (QED) is 0.849. The normalized spacial score (nSPS) is 25.5. The number of nitrogens with one attached hydrogen (secondary N) is 1. The molecule has 1 aromatic rings. The van der Waals surface area contributed by atoms with Crippen LogP contribution in [0, 0.1) is 0 Å². The van der Waals surface area contributed by atoms with E-state index in [0.29, 0.717) is 13.1 Å². The molecular formula is C19H23N3O3. The lowest BCUT2D eigenvalue weighted by molar-refractivity contribution is -0.138. The molecule has 0 saturated carbocycles. The van der Waals surface area contributed by atoms with Crippen molar-refractivity contribution in [2.45, 2.75) is 44.6 Å². The Hall–Kier alpha value is -2.37. The smallest absolute Gasteiger partial charge is 0.325 e. The first-order valence-electron chi connectivity index (χ1n) is 9.03. The van der Waals surface area contributed by atoms with Gasteiger partial charge in [-0.05, 0) is 55.7 Å². The van der Waals surface area contributed by atoms with Gasteiger partial charge in [0.05, 0.1) is 0 Å². The molecule has 0 radical (unpaired) electrons. The van der Waals surface area contributed by atoms with E-state index in [9.17, 15) is 14.4 Å². The molecule has 0 aromatic heterocycles. The van der Waals surface area contributed by atoms with Gasteiger partial charge in [0.1, 0.15) is 12.1 Å². The highest BCUT2D eigenvalue weighted by Gasteiger charge is 2.50. The van der Waals surface area contributed by atoms with Crippen LogP contribution in [-0.2, 0) is 28.0 Å². The van der Waals surface area contributed by atoms with Crippen molar-refractivity contribution in [1.29, 1.82) is 0 Å². The summed E-state index contributed by atoms with van der Waals surface area (Å²) in [5, 5.41) is 2.80. The second kappa shape index (κ2) is 5.86. The molecule has 0 unspecified atom stereocenters. The number of aryl methyl sites for hydroxylation is 2. The molecule has 2 aliphatic heterocycles. The van der Waals surface area contributed by atoms with E-state index in [-0.39, 0.29) is 18.4 Å². The minimum absolute atomic E-state index is 0.154. The number of carbonyl (C=O) groups excluding carboxylic acids is 3. The third kappa shape index (κ3) is 2.60. The van der Waals surface area contributed by atoms with Crippen LogP contribution in [0.25, 0.3) is 0 Å². The number of hydrogen-bond acceptors (Lipinski definition) is 3. The van der Waals surface area contributed by atoms with E-state index in [1.807, 2.05) is 12.1 Å². The molecule has 25 heavy (non-hydrogen) atoms. The fourth-order valence-corrected chi connectivity index (χ4v) is 4.12. The van der Waals surface area contributed by atoms with Gasteiger partial charge in [-0.2, -0.15) is 0 Å². The Morgan fingerprint density at radius 1 is 1.12 bits per heavy atom. The number of benzene rings is 1. The Labute approximate surface area is 147 Å². The van der Waals surface area contributed by atoms with Gasteiger partial charge in [-0.15, -0.1) is 0 Å². The van der Waals surface area contributed by atoms with Crippen LogP contribution in [0.1, 0.15) is 42.9 Å². The lowest BCUT2D eigenvalue weighted by atomic mass is 9.89. The molecule has 1 N–H and O–H groups in total. The Kier molecular flexibility index (Phi) is 3.78. The Morgan fingerprint density at radius 2 is 1.84 bits per heavy atom. The molecule has 0 spiro atoms. The lowest BCUT2D eigenvalue weighted by Gasteiger charge is -2.23. The molecule has 2 fully saturated rings. The molecule has 1 atom stereocenters. The summed E-state index contributed by atoms with van der Waals surface area (Å²) in [6.45, 7) is 2.98. The molecule has 2 saturated heterocycles. The van der Waals surface area contributed by atoms with E-state index in [0.717, 1.165) is 42.6 Å². The summed E-state index contributed by atoms with van der Waals surface area (Å²) in [7, 11) is 0. The number of imide groups is 1. The van der Waals surface area contributed by atoms with Gasteiger partial charge in [-0.1, -0.05) is 18.2 Å². The highest BCUT2D eigenvalue weighted by Crippen LogP contribution is 2.32. The number of nitrogens with zero attached hydrogens (tertiary/aromatic N) is 2. The van der Waals surface area contributed by atoms with Crippen LogP contribution in [0.2, 0.25) is 0 Å². The Balaban J connectivity index is 1.56. The molecule has 4 rings (SSSR count). The first-order chi connectivity index (χ1) is 12.0. The van der Waals surface area contributed by atoms with Gasteiger partial charge in [0.2, 0.25) is 5.91 Å². The predicted octanol–water partition coefficient (Wildman–Crippen LogP) is 1.56. The van der Waals surface area contributed by atoms with E-state index in [4.69, 9.17) is 0 Å². The standard InChI is InChI=1S/C19H23N3O3/c1-19(15-8-7-13-5-4-6-14(13)11-15)17(24)22(18(25)20-19)12-16(23)21-9-2-3-10-21/h7-8,11H,2-6,9-10,12H2,1H3,(H,20,25)/t19-/m0/s1. The fourth-order valence-electron chi connectivity index (χ4n) is 4.12. The van der Waals surface area contributed by atoms with Crippen molar-refractivity contribution in [3.63, 3.8) is 0 Å². The van der Waals surface area contributed by atoms with Crippen LogP contribution < -0.4 is 5.32 Å². The van der Waals surface area contributed by atoms with Crippen molar-refractivity contribution >= 4 is 17.8 Å². The molecule has 6 nitrogen and oxygen atoms in total. The average molecular weight is 341 g/mol. The van der Waals surface area contributed by atoms with Crippen LogP contribution in [0.5, 0.6) is 0 Å². The zero-order chi connectivity index (χ0) is 17.6. The molecule has 132 valence electrons. The summed E-state index contributed by atoms with van der Waals surface area (Å²) in [6.07, 6.45) is 5.19. The van der Waals surface area contributed by atoms with Crippen molar-refractivity contribution in [2.24, 2.45) is 0 Å². The van der Waals surface area contributed by atoms with Crippen molar-refractivity contribution in [3.8, 4) is 0 Å². The van der Waals surface area contributed by atoms with E-state index in [1.54, 1.807) is 11.8 Å². The number of amides is 4. The number of likely N-dealkylation sites (tertiary alicyclic amines) is 1. The Bertz CT molecular complexity index is 754. The number of carbonyl (C=O) groups is 3. The number of rotatable bonds is 3. The van der Waals surface area contributed by atoms with Crippen LogP contribution in [-0.4, -0.2) is 47.3 Å². The zero-order valence-electron chi connectivity index (χ0n) is 14.5. The molecule has 0 bridgehead atoms. The molecule has 4 amide bonds. The van der Waals surface area contributed by atoms with Gasteiger partial charge >= 0.3 is 6.03 Å². The minimum atomic E-state index is -1.10. The second-order valence-electron chi connectivity index (χ2n) is 7.37. The monoisotopic (exact) mass is 341 g/mol. The number of fused-ring (bicyclic) bond motifs is 1. The molecule has 2 heterocycles. The minimum Gasteiger partial charge on any atom is -0.341 e. The first kappa shape index (κ1) is 16.1. The van der Waals surface area contributed by atoms with Crippen LogP contribution in [0.4, 0.5) is 4.79 Å². The number of hydrogen-bond donors (Lipinski definition) is 1. The van der Waals surface area contributed by atoms with Crippen LogP contribution in [0.3, 0.4) is 0 Å². The molecule has 6 heteroatoms. The summed E-state index contributed by atoms with van der Waals surface area (Å²) in [5.41, 5.74) is 2.28. The summed E-state index contributed by atoms with van der Waals surface area (Å²) < 4.78 is 0. The highest BCUT2D eigenvalue weighted by atomic mass is 16.2. The van der Waals surface area contributed by atoms with Crippen molar-refractivity contribution < 1.29 is 14.4 Å². The molecule has 3 aliphatic rings. The largest absolute Gasteiger partial charge is 0.341 e. The van der Waals surface area contributed by atoms with E-state index >= 15 is 0 Å². The predicted molar refractivity (Wildman–Crippen MR) is 91.9 cm³/mol. The second-order valence-corrected chi connectivity index (χ2v) is 7.37. The number of urea groups is 1. The summed E-state index contributed by atoms with van der Waals surface area (Å²) in [6, 6.07) is 5.53. The van der Waals surface area contributed by atoms with Gasteiger partial charge in [0.15, 0.2) is 0 Å². The third-order valence-electron chi connectivity index (χ3n) is 5.70. The van der Waals surface area contributed by atoms with Crippen molar-refractivity contribution in [1.82, 2.24) is 15.1 Å². The van der Waals surface area contributed by atoms with Gasteiger partial charge < -0.3 is 10.2 Å². The van der Waals surface area contributed by atoms with E-state index < -0.39 is 11.6 Å². The summed E-state index contributed by atoms with van der Waals surface area (Å²) in [5.74, 6) is -0.498. The first-order valence-corrected chi connectivity index (χ1v) is 9.03. The van der Waals surface area contributed by atoms with Crippen molar-refractivity contribution in [3.05, 3.63) is 34.9 Å². The van der Waals surface area contributed by atoms with Gasteiger partial charge in [0, 0.05) is 13.1 Å². The van der Waals surface area contributed by atoms with E-state index in [1.165, 1.54) is 11.1 Å². The average Bonchev–Trinajstić information content (AvgIpc) is 3.31. The maximum Gasteiger partial charge on any atom is 0.325 e. The highest BCUT2D eigenvalue weighted by molar-refractivity contribution is 6.09. The molecule has 1 aliphatic carbocycles. The SMILES string of the molecule is C[C@@]1(c2ccc3c(c2)CCC3)NC(=O)N(CC(=O)N2CCCC2)C1=O. The zero-order valence-corrected chi connectivity index (χ0v) is 14.5. The summed E-state index contributed by atoms with van der Waals surface area (Å²) in [4.78, 5) is 40.5. The van der Waals surface area contributed by atoms with Crippen molar-refractivity contribution in [2.75, 3.05) is 19.6 Å². The molecular weight excluding hydrogens is 318 g/mol. The topological polar surface area (TPSA) is 69.7 Å². The van der Waals surface area contributed by atoms with E-state index in [2.05, 4.69) is 11.4 Å². The van der Waals surface area contributed by atoms with Crippen LogP contribution >= 0.6 is 0 Å². The third-order valence-corrected chi connectivity index (χ3v) is 5.70. The van der Waals surface area contributed by atoms with Gasteiger partial charge in [-0.3, -0.25) is 14.5 Å². The maximum atomic E-state index is 13.0. The van der Waals surface area contributed by atoms with Gasteiger partial charge in [-0.25, -0.2) is 4.79 Å². The summed E-state index contributed by atoms with van der Waals surface area (Å²) >= 11 is 0. The molecule has 1 aromatic carbocycles. The maximum absolute atomic E-state index is 13.0.